The Morgan fingerprint density at radius 2 is 2.00 bits per heavy atom. The number of nitrogens with zero attached hydrogens (tertiary/aromatic N) is 2. The van der Waals surface area contributed by atoms with Gasteiger partial charge in [-0.25, -0.2) is 4.79 Å². The second-order valence-corrected chi connectivity index (χ2v) is 6.69. The summed E-state index contributed by atoms with van der Waals surface area (Å²) in [6, 6.07) is 4.69. The molecule has 24 heavy (non-hydrogen) atoms. The van der Waals surface area contributed by atoms with Gasteiger partial charge in [-0.2, -0.15) is 0 Å². The maximum atomic E-state index is 12.5. The van der Waals surface area contributed by atoms with Crippen molar-refractivity contribution in [3.63, 3.8) is 0 Å². The van der Waals surface area contributed by atoms with Crippen molar-refractivity contribution in [3.05, 3.63) is 28.2 Å². The molecule has 0 bridgehead atoms. The number of hydrogen-bond acceptors (Lipinski definition) is 2. The molecule has 1 atom stereocenters. The van der Waals surface area contributed by atoms with Crippen LogP contribution in [0.3, 0.4) is 0 Å². The summed E-state index contributed by atoms with van der Waals surface area (Å²) in [5.41, 5.74) is 0.517. The van der Waals surface area contributed by atoms with E-state index in [0.29, 0.717) is 41.9 Å². The van der Waals surface area contributed by atoms with Crippen LogP contribution in [0.15, 0.2) is 18.2 Å². The quantitative estimate of drug-likeness (QED) is 0.865. The average molecular weight is 372 g/mol. The van der Waals surface area contributed by atoms with Crippen molar-refractivity contribution in [3.8, 4) is 0 Å². The molecular formula is C17H23Cl2N3O2. The first-order valence-electron chi connectivity index (χ1n) is 8.26. The zero-order valence-corrected chi connectivity index (χ0v) is 15.5. The molecule has 132 valence electrons. The van der Waals surface area contributed by atoms with Crippen LogP contribution in [0, 0.1) is 5.92 Å². The van der Waals surface area contributed by atoms with Crippen molar-refractivity contribution in [1.29, 1.82) is 0 Å². The van der Waals surface area contributed by atoms with Gasteiger partial charge in [0.2, 0.25) is 5.91 Å². The van der Waals surface area contributed by atoms with E-state index in [1.807, 2.05) is 18.7 Å². The largest absolute Gasteiger partial charge is 0.343 e. The van der Waals surface area contributed by atoms with E-state index in [1.165, 1.54) is 0 Å². The Bertz CT molecular complexity index is 605. The first-order valence-corrected chi connectivity index (χ1v) is 9.01. The summed E-state index contributed by atoms with van der Waals surface area (Å²) in [6.07, 6.45) is 1.64. The summed E-state index contributed by atoms with van der Waals surface area (Å²) >= 11 is 12.0. The molecule has 1 N–H and O–H groups in total. The van der Waals surface area contributed by atoms with Crippen LogP contribution in [0.5, 0.6) is 0 Å². The number of likely N-dealkylation sites (tertiary alicyclic amines) is 1. The van der Waals surface area contributed by atoms with Gasteiger partial charge in [0.05, 0.1) is 16.6 Å². The van der Waals surface area contributed by atoms with E-state index in [4.69, 9.17) is 23.2 Å². The summed E-state index contributed by atoms with van der Waals surface area (Å²) in [7, 11) is 0. The molecule has 0 radical (unpaired) electrons. The third-order valence-electron chi connectivity index (χ3n) is 4.31. The molecule has 2 rings (SSSR count). The first-order chi connectivity index (χ1) is 11.5. The van der Waals surface area contributed by atoms with E-state index in [1.54, 1.807) is 23.1 Å². The highest BCUT2D eigenvalue weighted by Gasteiger charge is 2.30. The molecule has 1 fully saturated rings. The molecule has 1 saturated heterocycles. The molecule has 3 amide bonds. The Morgan fingerprint density at radius 1 is 1.29 bits per heavy atom. The summed E-state index contributed by atoms with van der Waals surface area (Å²) in [5.74, 6) is -0.00730. The molecule has 0 aromatic heterocycles. The Hall–Kier alpha value is -1.46. The Kier molecular flexibility index (Phi) is 6.75. The van der Waals surface area contributed by atoms with E-state index < -0.39 is 0 Å². The Morgan fingerprint density at radius 3 is 2.62 bits per heavy atom. The SMILES string of the molecule is CCN(CC)C(=O)C1CCCN(C(=O)Nc2ccc(Cl)cc2Cl)C1. The van der Waals surface area contributed by atoms with E-state index >= 15 is 0 Å². The van der Waals surface area contributed by atoms with Crippen molar-refractivity contribution in [2.24, 2.45) is 5.92 Å². The second kappa shape index (κ2) is 8.58. The lowest BCUT2D eigenvalue weighted by atomic mass is 9.96. The molecule has 5 nitrogen and oxygen atoms in total. The fourth-order valence-electron chi connectivity index (χ4n) is 2.94. The zero-order chi connectivity index (χ0) is 17.7. The number of rotatable bonds is 4. The Labute approximate surface area is 152 Å². The summed E-state index contributed by atoms with van der Waals surface area (Å²) in [4.78, 5) is 28.5. The number of urea groups is 1. The lowest BCUT2D eigenvalue weighted by Gasteiger charge is -2.34. The van der Waals surface area contributed by atoms with Crippen LogP contribution >= 0.6 is 23.2 Å². The van der Waals surface area contributed by atoms with Gasteiger partial charge in [0, 0.05) is 31.2 Å². The number of hydrogen-bond donors (Lipinski definition) is 1. The van der Waals surface area contributed by atoms with E-state index in [2.05, 4.69) is 5.32 Å². The van der Waals surface area contributed by atoms with Crippen LogP contribution in [0.25, 0.3) is 0 Å². The number of carbonyl (C=O) groups is 2. The summed E-state index contributed by atoms with van der Waals surface area (Å²) in [6.45, 7) is 6.40. The van der Waals surface area contributed by atoms with Crippen LogP contribution in [-0.2, 0) is 4.79 Å². The van der Waals surface area contributed by atoms with Crippen LogP contribution in [0.2, 0.25) is 10.0 Å². The minimum atomic E-state index is -0.240. The fourth-order valence-corrected chi connectivity index (χ4v) is 3.40. The monoisotopic (exact) mass is 371 g/mol. The highest BCUT2D eigenvalue weighted by molar-refractivity contribution is 6.36. The zero-order valence-electron chi connectivity index (χ0n) is 14.0. The normalized spacial score (nSPS) is 17.5. The molecule has 7 heteroatoms. The third-order valence-corrected chi connectivity index (χ3v) is 4.85. The van der Waals surface area contributed by atoms with E-state index in [9.17, 15) is 9.59 Å². The smallest absolute Gasteiger partial charge is 0.321 e. The molecule has 1 aliphatic heterocycles. The molecule has 1 heterocycles. The van der Waals surface area contributed by atoms with E-state index in [-0.39, 0.29) is 17.9 Å². The van der Waals surface area contributed by atoms with Gasteiger partial charge in [0.1, 0.15) is 0 Å². The number of halogens is 2. The number of carbonyl (C=O) groups excluding carboxylic acids is 2. The van der Waals surface area contributed by atoms with Crippen molar-refractivity contribution < 1.29 is 9.59 Å². The molecule has 1 unspecified atom stereocenters. The lowest BCUT2D eigenvalue weighted by molar-refractivity contribution is -0.136. The number of nitrogens with one attached hydrogen (secondary N) is 1. The predicted octanol–water partition coefficient (Wildman–Crippen LogP) is 4.11. The minimum Gasteiger partial charge on any atom is -0.343 e. The van der Waals surface area contributed by atoms with Crippen LogP contribution in [-0.4, -0.2) is 47.9 Å². The van der Waals surface area contributed by atoms with Gasteiger partial charge in [-0.1, -0.05) is 23.2 Å². The summed E-state index contributed by atoms with van der Waals surface area (Å²) < 4.78 is 0. The molecule has 1 aromatic rings. The maximum Gasteiger partial charge on any atom is 0.321 e. The molecule has 1 aliphatic rings. The van der Waals surface area contributed by atoms with Gasteiger partial charge in [0.25, 0.3) is 0 Å². The third kappa shape index (κ3) is 4.54. The van der Waals surface area contributed by atoms with Gasteiger partial charge >= 0.3 is 6.03 Å². The van der Waals surface area contributed by atoms with Crippen LogP contribution < -0.4 is 5.32 Å². The van der Waals surface area contributed by atoms with Gasteiger partial charge < -0.3 is 15.1 Å². The number of piperidine rings is 1. The van der Waals surface area contributed by atoms with Gasteiger partial charge in [0.15, 0.2) is 0 Å². The van der Waals surface area contributed by atoms with Gasteiger partial charge in [-0.05, 0) is 44.9 Å². The lowest BCUT2D eigenvalue weighted by Crippen LogP contribution is -2.48. The molecule has 0 spiro atoms. The summed E-state index contributed by atoms with van der Waals surface area (Å²) in [5, 5.41) is 3.70. The van der Waals surface area contributed by atoms with E-state index in [0.717, 1.165) is 12.8 Å². The minimum absolute atomic E-state index is 0.127. The highest BCUT2D eigenvalue weighted by Crippen LogP contribution is 2.26. The van der Waals surface area contributed by atoms with Crippen molar-refractivity contribution in [1.82, 2.24) is 9.80 Å². The number of anilines is 1. The van der Waals surface area contributed by atoms with Crippen molar-refractivity contribution >= 4 is 40.8 Å². The van der Waals surface area contributed by atoms with Gasteiger partial charge in [-0.15, -0.1) is 0 Å². The van der Waals surface area contributed by atoms with Gasteiger partial charge in [-0.3, -0.25) is 4.79 Å². The molecule has 0 aliphatic carbocycles. The predicted molar refractivity (Wildman–Crippen MR) is 97.7 cm³/mol. The van der Waals surface area contributed by atoms with Crippen LogP contribution in [0.4, 0.5) is 10.5 Å². The molecule has 1 aromatic carbocycles. The number of amides is 3. The maximum absolute atomic E-state index is 12.5. The number of benzene rings is 1. The highest BCUT2D eigenvalue weighted by atomic mass is 35.5. The standard InChI is InChI=1S/C17H23Cl2N3O2/c1-3-21(4-2)16(23)12-6-5-9-22(11-12)17(24)20-15-8-7-13(18)10-14(15)19/h7-8,10,12H,3-6,9,11H2,1-2H3,(H,20,24). The van der Waals surface area contributed by atoms with Crippen molar-refractivity contribution in [2.75, 3.05) is 31.5 Å². The fraction of sp³-hybridized carbons (Fsp3) is 0.529. The topological polar surface area (TPSA) is 52.7 Å². The first kappa shape index (κ1) is 18.9. The van der Waals surface area contributed by atoms with Crippen LogP contribution in [0.1, 0.15) is 26.7 Å². The average Bonchev–Trinajstić information content (AvgIpc) is 2.58. The molecule has 0 saturated carbocycles. The van der Waals surface area contributed by atoms with Crippen molar-refractivity contribution in [2.45, 2.75) is 26.7 Å². The second-order valence-electron chi connectivity index (χ2n) is 5.85. The Balaban J connectivity index is 2.01. The molecular weight excluding hydrogens is 349 g/mol.